The number of likely N-dealkylation sites (tertiary alicyclic amines) is 1. The van der Waals surface area contributed by atoms with E-state index in [4.69, 9.17) is 0 Å². The van der Waals surface area contributed by atoms with E-state index in [0.29, 0.717) is 12.5 Å². The Kier molecular flexibility index (Phi) is 8.05. The minimum Gasteiger partial charge on any atom is -0.357 e. The molecule has 0 spiro atoms. The number of aromatic nitrogens is 1. The third-order valence-corrected chi connectivity index (χ3v) is 5.74. The van der Waals surface area contributed by atoms with E-state index in [1.165, 1.54) is 11.1 Å². The van der Waals surface area contributed by atoms with Gasteiger partial charge in [0.05, 0.1) is 0 Å². The van der Waals surface area contributed by atoms with Gasteiger partial charge in [0.1, 0.15) is 5.82 Å². The summed E-state index contributed by atoms with van der Waals surface area (Å²) in [5, 5.41) is 3.24. The highest BCUT2D eigenvalue weighted by Crippen LogP contribution is 2.16. The number of benzene rings is 1. The smallest absolute Gasteiger partial charge is 0.220 e. The fourth-order valence-electron chi connectivity index (χ4n) is 3.97. The molecule has 2 heterocycles. The Balaban J connectivity index is 1.40. The van der Waals surface area contributed by atoms with Gasteiger partial charge in [0, 0.05) is 51.4 Å². The van der Waals surface area contributed by atoms with Crippen molar-refractivity contribution in [3.63, 3.8) is 0 Å². The maximum Gasteiger partial charge on any atom is 0.220 e. The SMILES string of the molecule is CCN(CC)c1cc(CCC(=O)NC2CCN(Cc3ccccc3)CC2)ccn1. The highest BCUT2D eigenvalue weighted by molar-refractivity contribution is 5.76. The number of piperidine rings is 1. The molecule has 156 valence electrons. The van der Waals surface area contributed by atoms with Crippen molar-refractivity contribution in [2.24, 2.45) is 0 Å². The number of amides is 1. The first-order valence-corrected chi connectivity index (χ1v) is 10.9. The van der Waals surface area contributed by atoms with Crippen LogP contribution in [0.4, 0.5) is 5.82 Å². The largest absolute Gasteiger partial charge is 0.357 e. The summed E-state index contributed by atoms with van der Waals surface area (Å²) in [4.78, 5) is 21.6. The molecule has 0 saturated carbocycles. The second kappa shape index (κ2) is 11.0. The molecule has 0 atom stereocenters. The number of rotatable bonds is 9. The van der Waals surface area contributed by atoms with E-state index in [0.717, 1.165) is 57.8 Å². The van der Waals surface area contributed by atoms with Crippen molar-refractivity contribution < 1.29 is 4.79 Å². The van der Waals surface area contributed by atoms with Gasteiger partial charge < -0.3 is 10.2 Å². The summed E-state index contributed by atoms with van der Waals surface area (Å²) in [6, 6.07) is 15.0. The van der Waals surface area contributed by atoms with E-state index in [1.807, 2.05) is 12.3 Å². The van der Waals surface area contributed by atoms with Gasteiger partial charge >= 0.3 is 0 Å². The normalized spacial score (nSPS) is 15.2. The van der Waals surface area contributed by atoms with Crippen LogP contribution in [0.1, 0.15) is 44.2 Å². The zero-order valence-electron chi connectivity index (χ0n) is 17.8. The zero-order valence-corrected chi connectivity index (χ0v) is 17.8. The molecule has 5 heteroatoms. The summed E-state index contributed by atoms with van der Waals surface area (Å²) in [7, 11) is 0. The molecule has 1 aliphatic rings. The Bertz CT molecular complexity index is 752. The lowest BCUT2D eigenvalue weighted by Gasteiger charge is -2.32. The van der Waals surface area contributed by atoms with E-state index in [2.05, 4.69) is 70.3 Å². The van der Waals surface area contributed by atoms with Crippen LogP contribution in [0, 0.1) is 0 Å². The Morgan fingerprint density at radius 3 is 2.52 bits per heavy atom. The molecule has 3 rings (SSSR count). The van der Waals surface area contributed by atoms with Crippen molar-refractivity contribution in [3.05, 3.63) is 59.8 Å². The van der Waals surface area contributed by atoms with E-state index >= 15 is 0 Å². The number of nitrogens with one attached hydrogen (secondary N) is 1. The van der Waals surface area contributed by atoms with Crippen LogP contribution in [0.25, 0.3) is 0 Å². The van der Waals surface area contributed by atoms with E-state index in [1.54, 1.807) is 0 Å². The summed E-state index contributed by atoms with van der Waals surface area (Å²) in [6.45, 7) is 9.23. The van der Waals surface area contributed by atoms with Crippen LogP contribution < -0.4 is 10.2 Å². The lowest BCUT2D eigenvalue weighted by Crippen LogP contribution is -2.44. The average Bonchev–Trinajstić information content (AvgIpc) is 2.76. The molecular formula is C24H34N4O. The van der Waals surface area contributed by atoms with Gasteiger partial charge in [-0.3, -0.25) is 9.69 Å². The van der Waals surface area contributed by atoms with Crippen molar-refractivity contribution in [2.45, 2.75) is 52.1 Å². The summed E-state index contributed by atoms with van der Waals surface area (Å²) >= 11 is 0. The molecule has 0 unspecified atom stereocenters. The number of carbonyl (C=O) groups excluding carboxylic acids is 1. The van der Waals surface area contributed by atoms with Crippen LogP contribution in [0.2, 0.25) is 0 Å². The van der Waals surface area contributed by atoms with Gasteiger partial charge in [-0.2, -0.15) is 0 Å². The van der Waals surface area contributed by atoms with Crippen LogP contribution in [-0.2, 0) is 17.8 Å². The summed E-state index contributed by atoms with van der Waals surface area (Å²) < 4.78 is 0. The first-order valence-electron chi connectivity index (χ1n) is 10.9. The minimum atomic E-state index is 0.160. The monoisotopic (exact) mass is 394 g/mol. The Labute approximate surface area is 175 Å². The molecule has 0 aliphatic carbocycles. The molecule has 29 heavy (non-hydrogen) atoms. The average molecular weight is 395 g/mol. The molecule has 1 fully saturated rings. The van der Waals surface area contributed by atoms with Crippen molar-refractivity contribution in [1.82, 2.24) is 15.2 Å². The number of anilines is 1. The summed E-state index contributed by atoms with van der Waals surface area (Å²) in [6.07, 6.45) is 5.20. The molecule has 2 aromatic rings. The first kappa shape index (κ1) is 21.3. The third kappa shape index (κ3) is 6.57. The van der Waals surface area contributed by atoms with Gasteiger partial charge in [0.25, 0.3) is 0 Å². The number of nitrogens with zero attached hydrogens (tertiary/aromatic N) is 3. The predicted molar refractivity (Wildman–Crippen MR) is 119 cm³/mol. The number of hydrogen-bond acceptors (Lipinski definition) is 4. The van der Waals surface area contributed by atoms with Gasteiger partial charge in [-0.05, 0) is 56.4 Å². The zero-order chi connectivity index (χ0) is 20.5. The molecule has 1 saturated heterocycles. The number of carbonyl (C=O) groups is 1. The molecule has 0 radical (unpaired) electrons. The topological polar surface area (TPSA) is 48.5 Å². The second-order valence-electron chi connectivity index (χ2n) is 7.80. The molecule has 5 nitrogen and oxygen atoms in total. The summed E-state index contributed by atoms with van der Waals surface area (Å²) in [5.41, 5.74) is 2.53. The molecule has 1 aromatic heterocycles. The van der Waals surface area contributed by atoms with Crippen molar-refractivity contribution in [2.75, 3.05) is 31.1 Å². The van der Waals surface area contributed by atoms with Crippen molar-refractivity contribution in [3.8, 4) is 0 Å². The van der Waals surface area contributed by atoms with E-state index in [9.17, 15) is 4.79 Å². The highest BCUT2D eigenvalue weighted by atomic mass is 16.1. The van der Waals surface area contributed by atoms with E-state index in [-0.39, 0.29) is 5.91 Å². The van der Waals surface area contributed by atoms with Crippen LogP contribution in [-0.4, -0.2) is 48.0 Å². The van der Waals surface area contributed by atoms with Crippen LogP contribution in [0.15, 0.2) is 48.7 Å². The Morgan fingerprint density at radius 1 is 1.10 bits per heavy atom. The first-order chi connectivity index (χ1) is 14.2. The van der Waals surface area contributed by atoms with Crippen LogP contribution >= 0.6 is 0 Å². The van der Waals surface area contributed by atoms with Gasteiger partial charge in [0.2, 0.25) is 5.91 Å². The number of aryl methyl sites for hydroxylation is 1. The maximum atomic E-state index is 12.4. The lowest BCUT2D eigenvalue weighted by molar-refractivity contribution is -0.122. The second-order valence-corrected chi connectivity index (χ2v) is 7.80. The van der Waals surface area contributed by atoms with Crippen molar-refractivity contribution in [1.29, 1.82) is 0 Å². The van der Waals surface area contributed by atoms with Gasteiger partial charge in [-0.15, -0.1) is 0 Å². The minimum absolute atomic E-state index is 0.160. The predicted octanol–water partition coefficient (Wildman–Crippen LogP) is 3.64. The van der Waals surface area contributed by atoms with Gasteiger partial charge in [-0.1, -0.05) is 30.3 Å². The third-order valence-electron chi connectivity index (χ3n) is 5.74. The fourth-order valence-corrected chi connectivity index (χ4v) is 3.97. The molecule has 1 N–H and O–H groups in total. The molecule has 0 bridgehead atoms. The highest BCUT2D eigenvalue weighted by Gasteiger charge is 2.20. The van der Waals surface area contributed by atoms with E-state index < -0.39 is 0 Å². The number of hydrogen-bond donors (Lipinski definition) is 1. The van der Waals surface area contributed by atoms with Crippen LogP contribution in [0.5, 0.6) is 0 Å². The van der Waals surface area contributed by atoms with Gasteiger partial charge in [-0.25, -0.2) is 4.98 Å². The Hall–Kier alpha value is -2.40. The van der Waals surface area contributed by atoms with Gasteiger partial charge in [0.15, 0.2) is 0 Å². The molecule has 1 amide bonds. The molecule has 1 aromatic carbocycles. The standard InChI is InChI=1S/C24H34N4O/c1-3-28(4-2)23-18-20(12-15-25-23)10-11-24(29)26-22-13-16-27(17-14-22)19-21-8-6-5-7-9-21/h5-9,12,15,18,22H,3-4,10-11,13-14,16-17,19H2,1-2H3,(H,26,29). The lowest BCUT2D eigenvalue weighted by atomic mass is 10.0. The quantitative estimate of drug-likeness (QED) is 0.705. The molecular weight excluding hydrogens is 360 g/mol. The molecule has 1 aliphatic heterocycles. The number of pyridine rings is 1. The van der Waals surface area contributed by atoms with Crippen molar-refractivity contribution >= 4 is 11.7 Å². The fraction of sp³-hybridized carbons (Fsp3) is 0.500. The summed E-state index contributed by atoms with van der Waals surface area (Å²) in [5.74, 6) is 1.16. The van der Waals surface area contributed by atoms with Crippen LogP contribution in [0.3, 0.4) is 0 Å². The Morgan fingerprint density at radius 2 is 1.83 bits per heavy atom. The maximum absolute atomic E-state index is 12.4.